The molecule has 0 aromatic carbocycles. The van der Waals surface area contributed by atoms with Gasteiger partial charge >= 0.3 is 0 Å². The van der Waals surface area contributed by atoms with Gasteiger partial charge in [0.1, 0.15) is 12.2 Å². The van der Waals surface area contributed by atoms with Gasteiger partial charge in [-0.2, -0.15) is 0 Å². The molecule has 0 amide bonds. The molecule has 0 heterocycles. The van der Waals surface area contributed by atoms with Crippen molar-refractivity contribution in [1.82, 2.24) is 0 Å². The molecule has 64 valence electrons. The number of aliphatic imine (C=N–C) groups is 3. The van der Waals surface area contributed by atoms with Gasteiger partial charge < -0.3 is 0 Å². The lowest BCUT2D eigenvalue weighted by molar-refractivity contribution is 1.38. The summed E-state index contributed by atoms with van der Waals surface area (Å²) in [6, 6.07) is 0. The summed E-state index contributed by atoms with van der Waals surface area (Å²) in [6.07, 6.45) is 3.15. The monoisotopic (exact) mass is 155 g/mol. The van der Waals surface area contributed by atoms with Crippen LogP contribution in [0.15, 0.2) is 15.0 Å². The second-order valence-electron chi connectivity index (χ2n) is 1.42. The summed E-state index contributed by atoms with van der Waals surface area (Å²) in [5.41, 5.74) is 0. The maximum Gasteiger partial charge on any atom is 0.121 e. The predicted molar refractivity (Wildman–Crippen MR) is 53.0 cm³/mol. The molecule has 0 aliphatic heterocycles. The van der Waals surface area contributed by atoms with Gasteiger partial charge in [0, 0.05) is 13.3 Å². The standard InChI is InChI=1S/C6H11N3.C2H6/c1-4-8-5-9-6(2)7-3;1-2/h4-5H,1-3H3;1-2H3. The molecule has 0 aromatic heterocycles. The van der Waals surface area contributed by atoms with Gasteiger partial charge in [-0.15, -0.1) is 0 Å². The summed E-state index contributed by atoms with van der Waals surface area (Å²) in [5, 5.41) is 0. The Morgan fingerprint density at radius 2 is 1.82 bits per heavy atom. The van der Waals surface area contributed by atoms with Gasteiger partial charge in [-0.05, 0) is 13.8 Å². The van der Waals surface area contributed by atoms with E-state index in [1.807, 2.05) is 27.7 Å². The number of hydrogen-bond acceptors (Lipinski definition) is 1. The van der Waals surface area contributed by atoms with Crippen LogP contribution in [0.5, 0.6) is 0 Å². The zero-order valence-corrected chi connectivity index (χ0v) is 8.00. The molecule has 0 aromatic rings. The van der Waals surface area contributed by atoms with Crippen LogP contribution >= 0.6 is 0 Å². The third kappa shape index (κ3) is 12.3. The molecule has 0 saturated heterocycles. The predicted octanol–water partition coefficient (Wildman–Crippen LogP) is 2.18. The number of rotatable bonds is 1. The average Bonchev–Trinajstić information content (AvgIpc) is 2.08. The molecule has 0 bridgehead atoms. The summed E-state index contributed by atoms with van der Waals surface area (Å²) in [4.78, 5) is 11.4. The second-order valence-corrected chi connectivity index (χ2v) is 1.42. The van der Waals surface area contributed by atoms with Crippen LogP contribution in [0.3, 0.4) is 0 Å². The first kappa shape index (κ1) is 12.7. The Hall–Kier alpha value is -0.990. The molecule has 3 nitrogen and oxygen atoms in total. The van der Waals surface area contributed by atoms with Gasteiger partial charge in [-0.1, -0.05) is 13.8 Å². The average molecular weight is 155 g/mol. The lowest BCUT2D eigenvalue weighted by atomic mass is 10.7. The van der Waals surface area contributed by atoms with Crippen molar-refractivity contribution < 1.29 is 0 Å². The van der Waals surface area contributed by atoms with Crippen LogP contribution in [-0.4, -0.2) is 25.4 Å². The first-order valence-electron chi connectivity index (χ1n) is 3.75. The number of nitrogens with zero attached hydrogens (tertiary/aromatic N) is 3. The molecule has 0 aliphatic rings. The molecule has 0 atom stereocenters. The quantitative estimate of drug-likeness (QED) is 0.411. The summed E-state index contributed by atoms with van der Waals surface area (Å²) in [5.74, 6) is 0.737. The summed E-state index contributed by atoms with van der Waals surface area (Å²) >= 11 is 0. The van der Waals surface area contributed by atoms with Crippen molar-refractivity contribution in [2.75, 3.05) is 7.05 Å². The highest BCUT2D eigenvalue weighted by Crippen LogP contribution is 1.74. The molecule has 0 N–H and O–H groups in total. The Bertz CT molecular complexity index is 145. The maximum atomic E-state index is 3.86. The highest BCUT2D eigenvalue weighted by molar-refractivity contribution is 5.88. The van der Waals surface area contributed by atoms with E-state index in [-0.39, 0.29) is 0 Å². The van der Waals surface area contributed by atoms with E-state index in [2.05, 4.69) is 15.0 Å². The first-order valence-corrected chi connectivity index (χ1v) is 3.75. The third-order valence-corrected chi connectivity index (χ3v) is 0.784. The number of hydrogen-bond donors (Lipinski definition) is 0. The largest absolute Gasteiger partial charge is 0.274 e. The minimum absolute atomic E-state index is 0.737. The minimum atomic E-state index is 0.737. The number of amidine groups is 1. The van der Waals surface area contributed by atoms with Crippen molar-refractivity contribution in [1.29, 1.82) is 0 Å². The fourth-order valence-electron chi connectivity index (χ4n) is 0.241. The van der Waals surface area contributed by atoms with Crippen molar-refractivity contribution in [3.05, 3.63) is 0 Å². The summed E-state index contributed by atoms with van der Waals surface area (Å²) in [7, 11) is 1.70. The van der Waals surface area contributed by atoms with E-state index in [4.69, 9.17) is 0 Å². The Morgan fingerprint density at radius 3 is 2.18 bits per heavy atom. The second kappa shape index (κ2) is 11.8. The van der Waals surface area contributed by atoms with Crippen LogP contribution in [0.4, 0.5) is 0 Å². The van der Waals surface area contributed by atoms with E-state index in [1.54, 1.807) is 13.3 Å². The van der Waals surface area contributed by atoms with Crippen molar-refractivity contribution in [2.24, 2.45) is 15.0 Å². The lowest BCUT2D eigenvalue weighted by Crippen LogP contribution is -1.83. The van der Waals surface area contributed by atoms with E-state index in [0.717, 1.165) is 5.84 Å². The summed E-state index contributed by atoms with van der Waals surface area (Å²) in [6.45, 7) is 7.66. The van der Waals surface area contributed by atoms with Gasteiger partial charge in [0.2, 0.25) is 0 Å². The molecule has 0 fully saturated rings. The van der Waals surface area contributed by atoms with Crippen LogP contribution in [0.1, 0.15) is 27.7 Å². The van der Waals surface area contributed by atoms with E-state index in [1.165, 1.54) is 6.34 Å². The molecule has 0 spiro atoms. The van der Waals surface area contributed by atoms with Crippen molar-refractivity contribution in [3.8, 4) is 0 Å². The zero-order chi connectivity index (χ0) is 9.11. The molecular weight excluding hydrogens is 138 g/mol. The Kier molecular flexibility index (Phi) is 13.5. The third-order valence-electron chi connectivity index (χ3n) is 0.784. The van der Waals surface area contributed by atoms with Gasteiger partial charge in [-0.25, -0.2) is 9.98 Å². The van der Waals surface area contributed by atoms with Gasteiger partial charge in [-0.3, -0.25) is 4.99 Å². The van der Waals surface area contributed by atoms with Gasteiger partial charge in [0.05, 0.1) is 0 Å². The van der Waals surface area contributed by atoms with Crippen molar-refractivity contribution in [2.45, 2.75) is 27.7 Å². The minimum Gasteiger partial charge on any atom is -0.274 e. The first-order chi connectivity index (χ1) is 5.31. The molecule has 11 heavy (non-hydrogen) atoms. The van der Waals surface area contributed by atoms with Crippen LogP contribution in [-0.2, 0) is 0 Å². The molecule has 3 heteroatoms. The van der Waals surface area contributed by atoms with Crippen LogP contribution < -0.4 is 0 Å². The molecule has 0 unspecified atom stereocenters. The lowest BCUT2D eigenvalue weighted by Gasteiger charge is -1.81. The summed E-state index contributed by atoms with van der Waals surface area (Å²) < 4.78 is 0. The SMILES string of the molecule is CC.CC=NC=NC(C)=NC. The molecule has 0 aliphatic carbocycles. The van der Waals surface area contributed by atoms with Crippen LogP contribution in [0, 0.1) is 0 Å². The maximum absolute atomic E-state index is 3.86. The molecule has 0 radical (unpaired) electrons. The molecular formula is C8H17N3. The van der Waals surface area contributed by atoms with Crippen LogP contribution in [0.25, 0.3) is 0 Å². The normalized spacial score (nSPS) is 11.9. The topological polar surface area (TPSA) is 37.1 Å². The zero-order valence-electron chi connectivity index (χ0n) is 8.00. The Morgan fingerprint density at radius 1 is 1.27 bits per heavy atom. The van der Waals surface area contributed by atoms with Crippen molar-refractivity contribution in [3.63, 3.8) is 0 Å². The van der Waals surface area contributed by atoms with E-state index in [0.29, 0.717) is 0 Å². The van der Waals surface area contributed by atoms with Crippen molar-refractivity contribution >= 4 is 18.4 Å². The van der Waals surface area contributed by atoms with Gasteiger partial charge in [0.25, 0.3) is 0 Å². The van der Waals surface area contributed by atoms with E-state index < -0.39 is 0 Å². The Labute approximate surface area is 69.0 Å². The van der Waals surface area contributed by atoms with Crippen LogP contribution in [0.2, 0.25) is 0 Å². The van der Waals surface area contributed by atoms with Gasteiger partial charge in [0.15, 0.2) is 0 Å². The van der Waals surface area contributed by atoms with E-state index >= 15 is 0 Å². The Balaban J connectivity index is 0. The fraction of sp³-hybridized carbons (Fsp3) is 0.625. The smallest absolute Gasteiger partial charge is 0.121 e. The molecule has 0 rings (SSSR count). The van der Waals surface area contributed by atoms with E-state index in [9.17, 15) is 0 Å². The fourth-order valence-corrected chi connectivity index (χ4v) is 0.241. The highest BCUT2D eigenvalue weighted by Gasteiger charge is 1.74. The highest BCUT2D eigenvalue weighted by atomic mass is 14.9. The molecule has 0 saturated carbocycles.